The minimum atomic E-state index is -0.923. The molecule has 0 saturated heterocycles. The average Bonchev–Trinajstić information content (AvgIpc) is 2.30. The summed E-state index contributed by atoms with van der Waals surface area (Å²) in [4.78, 5) is 24.5. The van der Waals surface area contributed by atoms with Crippen molar-refractivity contribution < 1.29 is 14.3 Å². The van der Waals surface area contributed by atoms with Crippen molar-refractivity contribution in [3.05, 3.63) is 34.9 Å². The Bertz CT molecular complexity index is 498. The zero-order chi connectivity index (χ0) is 13.3. The Kier molecular flexibility index (Phi) is 3.24. The minimum Gasteiger partial charge on any atom is -0.468 e. The topological polar surface area (TPSA) is 43.4 Å². The highest BCUT2D eigenvalue weighted by atomic mass is 16.5. The van der Waals surface area contributed by atoms with Crippen LogP contribution in [0, 0.1) is 19.3 Å². The lowest BCUT2D eigenvalue weighted by molar-refractivity contribution is -0.153. The van der Waals surface area contributed by atoms with Crippen LogP contribution in [0.15, 0.2) is 18.2 Å². The normalized spacial score (nSPS) is 16.8. The molecular weight excluding hydrogens is 228 g/mol. The van der Waals surface area contributed by atoms with Crippen molar-refractivity contribution in [2.45, 2.75) is 33.1 Å². The average molecular weight is 246 g/mol. The highest BCUT2D eigenvalue weighted by Crippen LogP contribution is 2.45. The van der Waals surface area contributed by atoms with E-state index in [2.05, 4.69) is 0 Å². The molecule has 0 N–H and O–H groups in total. The van der Waals surface area contributed by atoms with Gasteiger partial charge in [-0.2, -0.15) is 0 Å². The SMILES string of the molecule is COC(=O)C1(C(=O)c2cc(C)ccc2C)CCC1. The number of hydrogen-bond acceptors (Lipinski definition) is 3. The van der Waals surface area contributed by atoms with Gasteiger partial charge < -0.3 is 4.74 Å². The quantitative estimate of drug-likeness (QED) is 0.468. The van der Waals surface area contributed by atoms with Crippen LogP contribution in [0.3, 0.4) is 0 Å². The van der Waals surface area contributed by atoms with E-state index in [1.54, 1.807) is 0 Å². The molecule has 96 valence electrons. The summed E-state index contributed by atoms with van der Waals surface area (Å²) in [5.41, 5.74) is 1.68. The molecule has 3 heteroatoms. The van der Waals surface area contributed by atoms with Crippen LogP contribution in [0.2, 0.25) is 0 Å². The van der Waals surface area contributed by atoms with Crippen LogP contribution in [0.25, 0.3) is 0 Å². The minimum absolute atomic E-state index is 0.0817. The van der Waals surface area contributed by atoms with E-state index in [1.165, 1.54) is 7.11 Å². The van der Waals surface area contributed by atoms with Gasteiger partial charge in [-0.05, 0) is 38.3 Å². The van der Waals surface area contributed by atoms with Crippen LogP contribution >= 0.6 is 0 Å². The van der Waals surface area contributed by atoms with Crippen molar-refractivity contribution in [1.82, 2.24) is 0 Å². The van der Waals surface area contributed by atoms with E-state index in [0.29, 0.717) is 18.4 Å². The summed E-state index contributed by atoms with van der Waals surface area (Å²) in [6.45, 7) is 3.85. The molecule has 0 heterocycles. The highest BCUT2D eigenvalue weighted by Gasteiger charge is 2.52. The fourth-order valence-electron chi connectivity index (χ4n) is 2.49. The third kappa shape index (κ3) is 1.84. The second-order valence-corrected chi connectivity index (χ2v) is 5.07. The van der Waals surface area contributed by atoms with Gasteiger partial charge in [-0.1, -0.05) is 24.1 Å². The molecule has 18 heavy (non-hydrogen) atoms. The summed E-state index contributed by atoms with van der Waals surface area (Å²) in [5, 5.41) is 0. The molecule has 0 aromatic heterocycles. The standard InChI is InChI=1S/C15H18O3/c1-10-5-6-11(2)12(9-10)13(16)15(7-4-8-15)14(17)18-3/h5-6,9H,4,7-8H2,1-3H3. The van der Waals surface area contributed by atoms with Crippen molar-refractivity contribution in [3.63, 3.8) is 0 Å². The number of hydrogen-bond donors (Lipinski definition) is 0. The molecule has 1 aromatic rings. The van der Waals surface area contributed by atoms with E-state index in [0.717, 1.165) is 17.5 Å². The van der Waals surface area contributed by atoms with Crippen molar-refractivity contribution in [2.75, 3.05) is 7.11 Å². The number of ether oxygens (including phenoxy) is 1. The molecule has 1 aliphatic carbocycles. The summed E-state index contributed by atoms with van der Waals surface area (Å²) in [5.74, 6) is -0.471. The van der Waals surface area contributed by atoms with Crippen LogP contribution in [0.4, 0.5) is 0 Å². The smallest absolute Gasteiger partial charge is 0.319 e. The predicted octanol–water partition coefficient (Wildman–Crippen LogP) is 2.83. The predicted molar refractivity (Wildman–Crippen MR) is 68.5 cm³/mol. The molecule has 2 rings (SSSR count). The number of esters is 1. The molecule has 3 nitrogen and oxygen atoms in total. The molecule has 0 bridgehead atoms. The monoisotopic (exact) mass is 246 g/mol. The molecule has 1 aliphatic rings. The van der Waals surface area contributed by atoms with Gasteiger partial charge in [-0.3, -0.25) is 9.59 Å². The molecule has 0 spiro atoms. The molecule has 0 radical (unpaired) electrons. The Morgan fingerprint density at radius 3 is 2.39 bits per heavy atom. The molecule has 1 saturated carbocycles. The summed E-state index contributed by atoms with van der Waals surface area (Å²) in [6.07, 6.45) is 2.11. The van der Waals surface area contributed by atoms with Gasteiger partial charge in [0, 0.05) is 5.56 Å². The molecule has 1 fully saturated rings. The number of carbonyl (C=O) groups is 2. The molecule has 0 unspecified atom stereocenters. The number of methoxy groups -OCH3 is 1. The first kappa shape index (κ1) is 12.8. The number of ketones is 1. The first-order valence-corrected chi connectivity index (χ1v) is 6.22. The van der Waals surface area contributed by atoms with Gasteiger partial charge in [0.05, 0.1) is 7.11 Å². The zero-order valence-electron chi connectivity index (χ0n) is 11.1. The van der Waals surface area contributed by atoms with Crippen LogP contribution in [0.1, 0.15) is 40.7 Å². The lowest BCUT2D eigenvalue weighted by Gasteiger charge is -2.37. The van der Waals surface area contributed by atoms with Crippen molar-refractivity contribution >= 4 is 11.8 Å². The van der Waals surface area contributed by atoms with E-state index in [9.17, 15) is 9.59 Å². The van der Waals surface area contributed by atoms with Gasteiger partial charge in [-0.15, -0.1) is 0 Å². The lowest BCUT2D eigenvalue weighted by Crippen LogP contribution is -2.46. The Labute approximate surface area is 107 Å². The molecule has 0 atom stereocenters. The zero-order valence-corrected chi connectivity index (χ0v) is 11.1. The summed E-state index contributed by atoms with van der Waals surface area (Å²) >= 11 is 0. The molecule has 1 aromatic carbocycles. The fourth-order valence-corrected chi connectivity index (χ4v) is 2.49. The maximum atomic E-state index is 12.6. The number of Topliss-reactive ketones (excluding diaryl/α,β-unsaturated/α-hetero) is 1. The Balaban J connectivity index is 2.41. The number of benzene rings is 1. The summed E-state index contributed by atoms with van der Waals surface area (Å²) < 4.78 is 4.81. The second kappa shape index (κ2) is 4.56. The van der Waals surface area contributed by atoms with Crippen LogP contribution in [-0.2, 0) is 9.53 Å². The largest absolute Gasteiger partial charge is 0.468 e. The van der Waals surface area contributed by atoms with E-state index >= 15 is 0 Å². The van der Waals surface area contributed by atoms with E-state index in [1.807, 2.05) is 32.0 Å². The number of carbonyl (C=O) groups excluding carboxylic acids is 2. The Morgan fingerprint density at radius 1 is 1.22 bits per heavy atom. The fraction of sp³-hybridized carbons (Fsp3) is 0.467. The van der Waals surface area contributed by atoms with Gasteiger partial charge in [-0.25, -0.2) is 0 Å². The van der Waals surface area contributed by atoms with Crippen LogP contribution in [0.5, 0.6) is 0 Å². The third-order valence-corrected chi connectivity index (χ3v) is 3.86. The van der Waals surface area contributed by atoms with Crippen molar-refractivity contribution in [1.29, 1.82) is 0 Å². The molecular formula is C15H18O3. The lowest BCUT2D eigenvalue weighted by atomic mass is 9.64. The summed E-state index contributed by atoms with van der Waals surface area (Å²) in [7, 11) is 1.35. The van der Waals surface area contributed by atoms with Crippen LogP contribution in [-0.4, -0.2) is 18.9 Å². The van der Waals surface area contributed by atoms with Crippen LogP contribution < -0.4 is 0 Å². The molecule has 0 aliphatic heterocycles. The number of aryl methyl sites for hydroxylation is 2. The van der Waals surface area contributed by atoms with Gasteiger partial charge >= 0.3 is 5.97 Å². The first-order valence-electron chi connectivity index (χ1n) is 6.22. The maximum absolute atomic E-state index is 12.6. The van der Waals surface area contributed by atoms with Gasteiger partial charge in [0.25, 0.3) is 0 Å². The van der Waals surface area contributed by atoms with Gasteiger partial charge in [0.15, 0.2) is 5.78 Å². The highest BCUT2D eigenvalue weighted by molar-refractivity contribution is 6.13. The van der Waals surface area contributed by atoms with E-state index in [4.69, 9.17) is 4.74 Å². The Morgan fingerprint density at radius 2 is 1.89 bits per heavy atom. The maximum Gasteiger partial charge on any atom is 0.319 e. The first-order chi connectivity index (χ1) is 8.51. The second-order valence-electron chi connectivity index (χ2n) is 5.07. The molecule has 0 amide bonds. The van der Waals surface area contributed by atoms with Gasteiger partial charge in [0.2, 0.25) is 0 Å². The third-order valence-electron chi connectivity index (χ3n) is 3.86. The van der Waals surface area contributed by atoms with Crippen molar-refractivity contribution in [3.8, 4) is 0 Å². The van der Waals surface area contributed by atoms with E-state index in [-0.39, 0.29) is 11.8 Å². The van der Waals surface area contributed by atoms with Crippen molar-refractivity contribution in [2.24, 2.45) is 5.41 Å². The van der Waals surface area contributed by atoms with E-state index < -0.39 is 5.41 Å². The van der Waals surface area contributed by atoms with Gasteiger partial charge in [0.1, 0.15) is 5.41 Å². The number of rotatable bonds is 3. The summed E-state index contributed by atoms with van der Waals surface area (Å²) in [6, 6.07) is 5.75. The Hall–Kier alpha value is -1.64.